The van der Waals surface area contributed by atoms with Crippen LogP contribution in [-0.2, 0) is 12.8 Å². The highest BCUT2D eigenvalue weighted by molar-refractivity contribution is 5.91. The van der Waals surface area contributed by atoms with Crippen molar-refractivity contribution in [2.75, 3.05) is 0 Å². The molecule has 204 valence electrons. The molecule has 0 spiro atoms. The van der Waals surface area contributed by atoms with E-state index in [1.807, 2.05) is 24.5 Å². The number of carbonyl (C=O) groups is 1. The molecule has 0 saturated carbocycles. The highest BCUT2D eigenvalue weighted by atomic mass is 19.1. The Labute approximate surface area is 228 Å². The van der Waals surface area contributed by atoms with Gasteiger partial charge in [0.2, 0.25) is 0 Å². The normalized spacial score (nSPS) is 11.0. The molecule has 0 saturated heterocycles. The second-order valence-corrected chi connectivity index (χ2v) is 10.2. The molecular weight excluding hydrogens is 475 g/mol. The molecule has 5 heteroatoms. The highest BCUT2D eigenvalue weighted by Crippen LogP contribution is 2.22. The van der Waals surface area contributed by atoms with Crippen LogP contribution in [0.4, 0.5) is 4.39 Å². The minimum Gasteiger partial charge on any atom is -0.423 e. The molecule has 0 aliphatic carbocycles. The van der Waals surface area contributed by atoms with Crippen LogP contribution in [0.15, 0.2) is 54.9 Å². The van der Waals surface area contributed by atoms with E-state index < -0.39 is 5.97 Å². The Morgan fingerprint density at radius 3 is 1.92 bits per heavy atom. The van der Waals surface area contributed by atoms with Gasteiger partial charge in [0.1, 0.15) is 11.6 Å². The molecule has 0 fully saturated rings. The van der Waals surface area contributed by atoms with Crippen molar-refractivity contribution in [3.63, 3.8) is 0 Å². The van der Waals surface area contributed by atoms with Gasteiger partial charge in [-0.25, -0.2) is 19.2 Å². The fourth-order valence-corrected chi connectivity index (χ4v) is 4.55. The van der Waals surface area contributed by atoms with Crippen LogP contribution in [0.25, 0.3) is 11.4 Å². The molecule has 38 heavy (non-hydrogen) atoms. The van der Waals surface area contributed by atoms with Gasteiger partial charge >= 0.3 is 5.97 Å². The monoisotopic (exact) mass is 518 g/mol. The summed E-state index contributed by atoms with van der Waals surface area (Å²) in [4.78, 5) is 21.6. The lowest BCUT2D eigenvalue weighted by atomic mass is 10.0. The van der Waals surface area contributed by atoms with Crippen molar-refractivity contribution in [3.8, 4) is 17.1 Å². The average molecular weight is 519 g/mol. The summed E-state index contributed by atoms with van der Waals surface area (Å²) in [5.41, 5.74) is 2.86. The average Bonchev–Trinajstić information content (AvgIpc) is 2.94. The molecule has 0 N–H and O–H groups in total. The minimum absolute atomic E-state index is 0.211. The van der Waals surface area contributed by atoms with E-state index in [2.05, 4.69) is 23.8 Å². The van der Waals surface area contributed by atoms with Crippen molar-refractivity contribution in [3.05, 3.63) is 77.4 Å². The van der Waals surface area contributed by atoms with E-state index in [-0.39, 0.29) is 11.4 Å². The van der Waals surface area contributed by atoms with Crippen LogP contribution in [0, 0.1) is 5.82 Å². The first-order valence-corrected chi connectivity index (χ1v) is 14.5. The third-order valence-electron chi connectivity index (χ3n) is 6.94. The first-order valence-electron chi connectivity index (χ1n) is 14.5. The lowest BCUT2D eigenvalue weighted by Crippen LogP contribution is -2.09. The van der Waals surface area contributed by atoms with Gasteiger partial charge in [0.25, 0.3) is 0 Å². The first-order chi connectivity index (χ1) is 18.6. The molecule has 0 amide bonds. The number of unbranched alkanes of at least 4 members (excludes halogenated alkanes) is 10. The van der Waals surface area contributed by atoms with E-state index in [0.717, 1.165) is 36.8 Å². The number of esters is 1. The van der Waals surface area contributed by atoms with Gasteiger partial charge in [-0.15, -0.1) is 0 Å². The number of aromatic nitrogens is 2. The van der Waals surface area contributed by atoms with Crippen molar-refractivity contribution in [1.29, 1.82) is 0 Å². The Kier molecular flexibility index (Phi) is 13.0. The van der Waals surface area contributed by atoms with Crippen LogP contribution >= 0.6 is 0 Å². The van der Waals surface area contributed by atoms with Crippen LogP contribution in [0.2, 0.25) is 0 Å². The number of hydrogen-bond acceptors (Lipinski definition) is 4. The summed E-state index contributed by atoms with van der Waals surface area (Å²) in [5, 5.41) is 0. The Morgan fingerprint density at radius 2 is 1.32 bits per heavy atom. The first kappa shape index (κ1) is 29.5. The van der Waals surface area contributed by atoms with Gasteiger partial charge in [-0.2, -0.15) is 0 Å². The van der Waals surface area contributed by atoms with Gasteiger partial charge in [0.05, 0.1) is 5.56 Å². The standard InChI is InChI=1S/C33H43FN2O2/c1-3-5-7-9-11-13-15-26-24-35-32(36-25-26)28-19-21-30(22-20-28)38-33(37)29-18-17-27(31(34)23-29)16-14-12-10-8-6-4-2/h17-25H,3-16H2,1-2H3. The van der Waals surface area contributed by atoms with Gasteiger partial charge < -0.3 is 4.74 Å². The third kappa shape index (κ3) is 10.00. The highest BCUT2D eigenvalue weighted by Gasteiger charge is 2.13. The second-order valence-electron chi connectivity index (χ2n) is 10.2. The van der Waals surface area contributed by atoms with Gasteiger partial charge in [-0.1, -0.05) is 84.1 Å². The van der Waals surface area contributed by atoms with E-state index in [9.17, 15) is 9.18 Å². The van der Waals surface area contributed by atoms with Crippen molar-refractivity contribution in [2.24, 2.45) is 0 Å². The van der Waals surface area contributed by atoms with E-state index in [1.165, 1.54) is 63.9 Å². The Hall–Kier alpha value is -3.08. The van der Waals surface area contributed by atoms with E-state index in [4.69, 9.17) is 4.74 Å². The number of aryl methyl sites for hydroxylation is 2. The number of benzene rings is 2. The molecule has 2 aromatic carbocycles. The zero-order chi connectivity index (χ0) is 27.0. The molecule has 1 heterocycles. The third-order valence-corrected chi connectivity index (χ3v) is 6.94. The Bertz CT molecular complexity index is 1100. The van der Waals surface area contributed by atoms with E-state index in [0.29, 0.717) is 23.6 Å². The summed E-state index contributed by atoms with van der Waals surface area (Å²) in [6.07, 6.45) is 20.1. The van der Waals surface area contributed by atoms with Crippen molar-refractivity contribution in [1.82, 2.24) is 9.97 Å². The minimum atomic E-state index is -0.571. The maximum absolute atomic E-state index is 14.6. The summed E-state index contributed by atoms with van der Waals surface area (Å²) in [6.45, 7) is 4.43. The zero-order valence-corrected chi connectivity index (χ0v) is 23.2. The molecule has 1 aromatic heterocycles. The Morgan fingerprint density at radius 1 is 0.737 bits per heavy atom. The molecule has 0 atom stereocenters. The van der Waals surface area contributed by atoms with Crippen LogP contribution < -0.4 is 4.74 Å². The van der Waals surface area contributed by atoms with E-state index in [1.54, 1.807) is 24.3 Å². The number of ether oxygens (including phenoxy) is 1. The predicted octanol–water partition coefficient (Wildman–Crippen LogP) is 9.31. The quantitative estimate of drug-likeness (QED) is 0.101. The van der Waals surface area contributed by atoms with Crippen molar-refractivity contribution < 1.29 is 13.9 Å². The van der Waals surface area contributed by atoms with Crippen LogP contribution in [0.1, 0.15) is 112 Å². The zero-order valence-electron chi connectivity index (χ0n) is 23.2. The topological polar surface area (TPSA) is 52.1 Å². The molecule has 0 radical (unpaired) electrons. The molecule has 3 aromatic rings. The molecule has 0 unspecified atom stereocenters. The maximum Gasteiger partial charge on any atom is 0.343 e. The van der Waals surface area contributed by atoms with Gasteiger partial charge in [0, 0.05) is 18.0 Å². The summed E-state index contributed by atoms with van der Waals surface area (Å²) in [7, 11) is 0. The number of hydrogen-bond donors (Lipinski definition) is 0. The fourth-order valence-electron chi connectivity index (χ4n) is 4.55. The SMILES string of the molecule is CCCCCCCCc1cnc(-c2ccc(OC(=O)c3ccc(CCCCCCCC)c(F)c3)cc2)nc1. The second kappa shape index (κ2) is 16.7. The van der Waals surface area contributed by atoms with Crippen molar-refractivity contribution in [2.45, 2.75) is 104 Å². The summed E-state index contributed by atoms with van der Waals surface area (Å²) >= 11 is 0. The predicted molar refractivity (Wildman–Crippen MR) is 153 cm³/mol. The molecule has 3 rings (SSSR count). The maximum atomic E-state index is 14.6. The lowest BCUT2D eigenvalue weighted by Gasteiger charge is -2.08. The van der Waals surface area contributed by atoms with Gasteiger partial charge in [-0.05, 0) is 73.2 Å². The number of halogens is 1. The molecule has 0 aliphatic rings. The largest absolute Gasteiger partial charge is 0.423 e. The van der Waals surface area contributed by atoms with Gasteiger partial charge in [-0.3, -0.25) is 0 Å². The summed E-state index contributed by atoms with van der Waals surface area (Å²) < 4.78 is 20.0. The molecule has 0 bridgehead atoms. The Balaban J connectivity index is 1.46. The van der Waals surface area contributed by atoms with Crippen LogP contribution in [0.5, 0.6) is 5.75 Å². The molecular formula is C33H43FN2O2. The fraction of sp³-hybridized carbons (Fsp3) is 0.485. The number of nitrogens with zero attached hydrogens (tertiary/aromatic N) is 2. The lowest BCUT2D eigenvalue weighted by molar-refractivity contribution is 0.0734. The summed E-state index contributed by atoms with van der Waals surface area (Å²) in [5.74, 6) is 0.117. The van der Waals surface area contributed by atoms with Crippen LogP contribution in [0.3, 0.4) is 0 Å². The number of rotatable bonds is 17. The van der Waals surface area contributed by atoms with E-state index >= 15 is 0 Å². The smallest absolute Gasteiger partial charge is 0.343 e. The van der Waals surface area contributed by atoms with Gasteiger partial charge in [0.15, 0.2) is 5.82 Å². The van der Waals surface area contributed by atoms with Crippen LogP contribution in [-0.4, -0.2) is 15.9 Å². The molecule has 0 aliphatic heterocycles. The number of carbonyl (C=O) groups excluding carboxylic acids is 1. The van der Waals surface area contributed by atoms with Crippen molar-refractivity contribution >= 4 is 5.97 Å². The molecule has 4 nitrogen and oxygen atoms in total. The summed E-state index contributed by atoms with van der Waals surface area (Å²) in [6, 6.07) is 11.7.